The van der Waals surface area contributed by atoms with Gasteiger partial charge in [0, 0.05) is 14.1 Å². The lowest BCUT2D eigenvalue weighted by atomic mass is 10.2. The van der Waals surface area contributed by atoms with Gasteiger partial charge in [0.05, 0.1) is 22.4 Å². The summed E-state index contributed by atoms with van der Waals surface area (Å²) in [6, 6.07) is 12.1. The molecule has 146 valence electrons. The minimum absolute atomic E-state index is 0.0555. The van der Waals surface area contributed by atoms with E-state index in [9.17, 15) is 21.6 Å². The standard InChI is InChI=1S/C17H20N2O6S2/c1-19(2)27(23,24)14-8-6-7-13(11-14)12-25-17(20)15-9-4-5-10-16(15)18-26(3,21)22/h4-11,18H,12H2,1-3H3. The van der Waals surface area contributed by atoms with Crippen molar-refractivity contribution in [1.82, 2.24) is 4.31 Å². The van der Waals surface area contributed by atoms with E-state index in [0.717, 1.165) is 10.6 Å². The average Bonchev–Trinajstić information content (AvgIpc) is 2.59. The van der Waals surface area contributed by atoms with Gasteiger partial charge in [0.2, 0.25) is 20.0 Å². The maximum absolute atomic E-state index is 12.3. The molecule has 0 atom stereocenters. The summed E-state index contributed by atoms with van der Waals surface area (Å²) >= 11 is 0. The van der Waals surface area contributed by atoms with E-state index in [-0.39, 0.29) is 22.8 Å². The largest absolute Gasteiger partial charge is 0.457 e. The summed E-state index contributed by atoms with van der Waals surface area (Å²) < 4.78 is 55.7. The number of carbonyl (C=O) groups is 1. The van der Waals surface area contributed by atoms with Crippen molar-refractivity contribution in [3.63, 3.8) is 0 Å². The van der Waals surface area contributed by atoms with Crippen LogP contribution in [0, 0.1) is 0 Å². The van der Waals surface area contributed by atoms with E-state index in [1.165, 1.54) is 38.4 Å². The number of nitrogens with zero attached hydrogens (tertiary/aromatic N) is 1. The highest BCUT2D eigenvalue weighted by atomic mass is 32.2. The van der Waals surface area contributed by atoms with Gasteiger partial charge < -0.3 is 4.74 Å². The van der Waals surface area contributed by atoms with Crippen molar-refractivity contribution in [2.24, 2.45) is 0 Å². The number of carbonyl (C=O) groups excluding carboxylic acids is 1. The molecular weight excluding hydrogens is 392 g/mol. The average molecular weight is 412 g/mol. The van der Waals surface area contributed by atoms with E-state index in [0.29, 0.717) is 5.56 Å². The first-order valence-electron chi connectivity index (χ1n) is 7.76. The molecule has 0 aliphatic rings. The number of nitrogens with one attached hydrogen (secondary N) is 1. The fraction of sp³-hybridized carbons (Fsp3) is 0.235. The molecule has 2 aromatic rings. The number of ether oxygens (including phenoxy) is 1. The van der Waals surface area contributed by atoms with E-state index >= 15 is 0 Å². The van der Waals surface area contributed by atoms with Crippen molar-refractivity contribution in [2.75, 3.05) is 25.1 Å². The van der Waals surface area contributed by atoms with Crippen LogP contribution >= 0.6 is 0 Å². The van der Waals surface area contributed by atoms with Crippen LogP contribution in [0.3, 0.4) is 0 Å². The molecule has 0 unspecified atom stereocenters. The Labute approximate surface area is 158 Å². The van der Waals surface area contributed by atoms with Crippen molar-refractivity contribution in [1.29, 1.82) is 0 Å². The Morgan fingerprint density at radius 3 is 2.33 bits per heavy atom. The molecule has 0 bridgehead atoms. The molecule has 0 spiro atoms. The normalized spacial score (nSPS) is 12.0. The molecular formula is C17H20N2O6S2. The Balaban J connectivity index is 2.18. The summed E-state index contributed by atoms with van der Waals surface area (Å²) in [4.78, 5) is 12.4. The quantitative estimate of drug-likeness (QED) is 0.693. The number of rotatable bonds is 7. The minimum atomic E-state index is -3.60. The van der Waals surface area contributed by atoms with Crippen molar-refractivity contribution < 1.29 is 26.4 Å². The fourth-order valence-corrected chi connectivity index (χ4v) is 3.73. The van der Waals surface area contributed by atoms with E-state index in [1.807, 2.05) is 0 Å². The van der Waals surface area contributed by atoms with E-state index < -0.39 is 26.0 Å². The van der Waals surface area contributed by atoms with Crippen LogP contribution in [0.25, 0.3) is 0 Å². The van der Waals surface area contributed by atoms with Gasteiger partial charge in [0.15, 0.2) is 0 Å². The number of benzene rings is 2. The highest BCUT2D eigenvalue weighted by molar-refractivity contribution is 7.92. The Kier molecular flexibility index (Phi) is 6.24. The predicted octanol–water partition coefficient (Wildman–Crippen LogP) is 1.67. The number of sulfonamides is 2. The fourth-order valence-electron chi connectivity index (χ4n) is 2.18. The second-order valence-electron chi connectivity index (χ2n) is 5.93. The minimum Gasteiger partial charge on any atom is -0.457 e. The highest BCUT2D eigenvalue weighted by Crippen LogP contribution is 2.19. The second kappa shape index (κ2) is 8.07. The summed E-state index contributed by atoms with van der Waals surface area (Å²) in [5.74, 6) is -0.734. The van der Waals surface area contributed by atoms with Gasteiger partial charge in [-0.3, -0.25) is 4.72 Å². The molecule has 0 amide bonds. The predicted molar refractivity (Wildman–Crippen MR) is 101 cm³/mol. The van der Waals surface area contributed by atoms with E-state index in [2.05, 4.69) is 4.72 Å². The monoisotopic (exact) mass is 412 g/mol. The molecule has 0 saturated carbocycles. The first-order valence-corrected chi connectivity index (χ1v) is 11.1. The molecule has 1 N–H and O–H groups in total. The number of anilines is 1. The summed E-state index contributed by atoms with van der Waals surface area (Å²) in [7, 11) is -4.31. The van der Waals surface area contributed by atoms with Crippen LogP contribution in [-0.2, 0) is 31.4 Å². The van der Waals surface area contributed by atoms with Gasteiger partial charge in [-0.15, -0.1) is 0 Å². The summed E-state index contributed by atoms with van der Waals surface area (Å²) in [6.45, 7) is -0.164. The van der Waals surface area contributed by atoms with Gasteiger partial charge in [0.1, 0.15) is 6.61 Å². The molecule has 0 aliphatic carbocycles. The Morgan fingerprint density at radius 1 is 1.04 bits per heavy atom. The van der Waals surface area contributed by atoms with E-state index in [1.54, 1.807) is 24.3 Å². The zero-order valence-electron chi connectivity index (χ0n) is 15.0. The summed E-state index contributed by atoms with van der Waals surface area (Å²) in [5, 5.41) is 0. The zero-order chi connectivity index (χ0) is 20.2. The van der Waals surface area contributed by atoms with Crippen LogP contribution in [0.2, 0.25) is 0 Å². The number of hydrogen-bond donors (Lipinski definition) is 1. The first-order chi connectivity index (χ1) is 12.5. The maximum Gasteiger partial charge on any atom is 0.340 e. The van der Waals surface area contributed by atoms with Crippen LogP contribution in [0.15, 0.2) is 53.4 Å². The topological polar surface area (TPSA) is 110 Å². The maximum atomic E-state index is 12.3. The highest BCUT2D eigenvalue weighted by Gasteiger charge is 2.18. The molecule has 0 fully saturated rings. The van der Waals surface area contributed by atoms with Gasteiger partial charge in [-0.2, -0.15) is 0 Å². The van der Waals surface area contributed by atoms with Crippen LogP contribution in [0.4, 0.5) is 5.69 Å². The number of hydrogen-bond acceptors (Lipinski definition) is 6. The molecule has 0 heterocycles. The van der Waals surface area contributed by atoms with Gasteiger partial charge in [-0.25, -0.2) is 25.9 Å². The lowest BCUT2D eigenvalue weighted by molar-refractivity contribution is 0.0474. The Bertz CT molecular complexity index is 1050. The number of para-hydroxylation sites is 1. The second-order valence-corrected chi connectivity index (χ2v) is 9.83. The first kappa shape index (κ1) is 20.9. The third-order valence-corrected chi connectivity index (χ3v) is 5.89. The molecule has 0 radical (unpaired) electrons. The molecule has 27 heavy (non-hydrogen) atoms. The van der Waals surface area contributed by atoms with Crippen LogP contribution in [0.5, 0.6) is 0 Å². The smallest absolute Gasteiger partial charge is 0.340 e. The van der Waals surface area contributed by atoms with Crippen molar-refractivity contribution in [2.45, 2.75) is 11.5 Å². The molecule has 0 aliphatic heterocycles. The van der Waals surface area contributed by atoms with Crippen molar-refractivity contribution in [3.05, 3.63) is 59.7 Å². The Morgan fingerprint density at radius 2 is 1.70 bits per heavy atom. The molecule has 2 aromatic carbocycles. The molecule has 0 saturated heterocycles. The van der Waals surface area contributed by atoms with Crippen LogP contribution in [-0.4, -0.2) is 47.5 Å². The summed E-state index contributed by atoms with van der Waals surface area (Å²) in [5.41, 5.74) is 0.647. The van der Waals surface area contributed by atoms with Gasteiger partial charge in [0.25, 0.3) is 0 Å². The van der Waals surface area contributed by atoms with Gasteiger partial charge in [-0.05, 0) is 29.8 Å². The molecule has 2 rings (SSSR count). The number of esters is 1. The summed E-state index contributed by atoms with van der Waals surface area (Å²) in [6.07, 6.45) is 0.978. The van der Waals surface area contributed by atoms with E-state index in [4.69, 9.17) is 4.74 Å². The van der Waals surface area contributed by atoms with Gasteiger partial charge in [-0.1, -0.05) is 24.3 Å². The molecule has 10 heteroatoms. The SMILES string of the molecule is CN(C)S(=O)(=O)c1cccc(COC(=O)c2ccccc2NS(C)(=O)=O)c1. The third-order valence-electron chi connectivity index (χ3n) is 3.49. The Hall–Kier alpha value is -2.43. The lowest BCUT2D eigenvalue weighted by Crippen LogP contribution is -2.22. The van der Waals surface area contributed by atoms with Crippen molar-refractivity contribution in [3.8, 4) is 0 Å². The molecule has 0 aromatic heterocycles. The molecule has 8 nitrogen and oxygen atoms in total. The van der Waals surface area contributed by atoms with Gasteiger partial charge >= 0.3 is 5.97 Å². The van der Waals surface area contributed by atoms with Crippen LogP contribution < -0.4 is 4.72 Å². The third kappa shape index (κ3) is 5.52. The lowest BCUT2D eigenvalue weighted by Gasteiger charge is -2.13. The van der Waals surface area contributed by atoms with Crippen LogP contribution in [0.1, 0.15) is 15.9 Å². The van der Waals surface area contributed by atoms with Crippen molar-refractivity contribution >= 4 is 31.7 Å². The zero-order valence-corrected chi connectivity index (χ0v) is 16.7.